The van der Waals surface area contributed by atoms with Crippen molar-refractivity contribution >= 4 is 5.82 Å². The molecule has 0 aromatic carbocycles. The average molecular weight is 165 g/mol. The second-order valence-corrected chi connectivity index (χ2v) is 4.13. The lowest BCUT2D eigenvalue weighted by Crippen LogP contribution is -1.96. The topological polar surface area (TPSA) is 54.7 Å². The Labute approximate surface area is 72.4 Å². The fourth-order valence-corrected chi connectivity index (χ4v) is 1.41. The number of hydrogen-bond donors (Lipinski definition) is 2. The van der Waals surface area contributed by atoms with Crippen LogP contribution in [-0.4, -0.2) is 10.2 Å². The summed E-state index contributed by atoms with van der Waals surface area (Å²) in [6, 6.07) is 1.92. The van der Waals surface area contributed by atoms with Gasteiger partial charge in [0.2, 0.25) is 0 Å². The van der Waals surface area contributed by atoms with Crippen molar-refractivity contribution in [3.8, 4) is 0 Å². The van der Waals surface area contributed by atoms with Gasteiger partial charge in [-0.25, -0.2) is 0 Å². The van der Waals surface area contributed by atoms with Crippen molar-refractivity contribution in [2.24, 2.45) is 5.41 Å². The summed E-state index contributed by atoms with van der Waals surface area (Å²) in [5.41, 5.74) is 7.28. The molecule has 1 heterocycles. The Bertz CT molecular complexity index is 273. The van der Waals surface area contributed by atoms with Crippen LogP contribution in [0, 0.1) is 5.41 Å². The highest BCUT2D eigenvalue weighted by molar-refractivity contribution is 5.28. The Morgan fingerprint density at radius 2 is 2.42 bits per heavy atom. The molecule has 0 radical (unpaired) electrons. The Kier molecular flexibility index (Phi) is 1.60. The Hall–Kier alpha value is -0.990. The molecule has 1 aromatic rings. The number of aryl methyl sites for hydroxylation is 1. The molecule has 0 atom stereocenters. The maximum Gasteiger partial charge on any atom is 0.145 e. The van der Waals surface area contributed by atoms with Crippen molar-refractivity contribution < 1.29 is 0 Å². The number of hydrogen-bond acceptors (Lipinski definition) is 2. The minimum absolute atomic E-state index is 0.603. The Morgan fingerprint density at radius 3 is 2.92 bits per heavy atom. The van der Waals surface area contributed by atoms with E-state index in [-0.39, 0.29) is 0 Å². The zero-order valence-corrected chi connectivity index (χ0v) is 7.43. The van der Waals surface area contributed by atoms with Crippen LogP contribution < -0.4 is 5.73 Å². The first-order chi connectivity index (χ1) is 5.68. The van der Waals surface area contributed by atoms with Gasteiger partial charge in [-0.15, -0.1) is 0 Å². The molecule has 1 aromatic heterocycles. The van der Waals surface area contributed by atoms with Gasteiger partial charge in [0.25, 0.3) is 0 Å². The van der Waals surface area contributed by atoms with Crippen LogP contribution in [0.25, 0.3) is 0 Å². The summed E-state index contributed by atoms with van der Waals surface area (Å²) in [5, 5.41) is 6.82. The summed E-state index contributed by atoms with van der Waals surface area (Å²) in [6.45, 7) is 2.34. The maximum atomic E-state index is 5.49. The van der Waals surface area contributed by atoms with Gasteiger partial charge < -0.3 is 5.73 Å². The van der Waals surface area contributed by atoms with Crippen LogP contribution in [0.4, 0.5) is 5.82 Å². The predicted molar refractivity (Wildman–Crippen MR) is 48.7 cm³/mol. The van der Waals surface area contributed by atoms with E-state index >= 15 is 0 Å². The summed E-state index contributed by atoms with van der Waals surface area (Å²) in [7, 11) is 0. The molecule has 12 heavy (non-hydrogen) atoms. The van der Waals surface area contributed by atoms with E-state index in [4.69, 9.17) is 5.73 Å². The summed E-state index contributed by atoms with van der Waals surface area (Å²) in [6.07, 6.45) is 5.11. The molecule has 1 saturated carbocycles. The molecule has 0 spiro atoms. The largest absolute Gasteiger partial charge is 0.382 e. The molecule has 66 valence electrons. The fourth-order valence-electron chi connectivity index (χ4n) is 1.41. The van der Waals surface area contributed by atoms with Gasteiger partial charge in [-0.2, -0.15) is 5.10 Å². The fraction of sp³-hybridized carbons (Fsp3) is 0.667. The molecule has 1 aliphatic rings. The summed E-state index contributed by atoms with van der Waals surface area (Å²) in [5.74, 6) is 0.603. The van der Waals surface area contributed by atoms with Gasteiger partial charge in [-0.3, -0.25) is 5.10 Å². The van der Waals surface area contributed by atoms with Crippen molar-refractivity contribution in [2.75, 3.05) is 5.73 Å². The van der Waals surface area contributed by atoms with Crippen LogP contribution >= 0.6 is 0 Å². The number of anilines is 1. The quantitative estimate of drug-likeness (QED) is 0.716. The van der Waals surface area contributed by atoms with Crippen molar-refractivity contribution in [1.82, 2.24) is 10.2 Å². The number of aromatic amines is 1. The van der Waals surface area contributed by atoms with E-state index in [0.717, 1.165) is 6.42 Å². The third-order valence-electron chi connectivity index (χ3n) is 2.75. The molecular formula is C9H15N3. The van der Waals surface area contributed by atoms with Gasteiger partial charge in [0.05, 0.1) is 0 Å². The highest BCUT2D eigenvalue weighted by Gasteiger charge is 2.36. The molecule has 3 N–H and O–H groups in total. The lowest BCUT2D eigenvalue weighted by molar-refractivity contribution is 0.514. The molecule has 1 fully saturated rings. The van der Waals surface area contributed by atoms with Crippen LogP contribution in [0.5, 0.6) is 0 Å². The lowest BCUT2D eigenvalue weighted by atomic mass is 10.0. The second-order valence-electron chi connectivity index (χ2n) is 4.13. The van der Waals surface area contributed by atoms with Gasteiger partial charge in [-0.05, 0) is 31.1 Å². The van der Waals surface area contributed by atoms with Crippen LogP contribution in [0.3, 0.4) is 0 Å². The van der Waals surface area contributed by atoms with Crippen LogP contribution in [0.15, 0.2) is 6.07 Å². The molecule has 3 nitrogen and oxygen atoms in total. The number of nitrogens with two attached hydrogens (primary N) is 1. The van der Waals surface area contributed by atoms with E-state index in [2.05, 4.69) is 17.1 Å². The van der Waals surface area contributed by atoms with Gasteiger partial charge in [0.1, 0.15) is 5.82 Å². The molecule has 0 saturated heterocycles. The highest BCUT2D eigenvalue weighted by atomic mass is 15.1. The number of aromatic nitrogens is 2. The van der Waals surface area contributed by atoms with E-state index in [0.29, 0.717) is 11.2 Å². The van der Waals surface area contributed by atoms with Gasteiger partial charge in [-0.1, -0.05) is 6.92 Å². The predicted octanol–water partition coefficient (Wildman–Crippen LogP) is 1.72. The zero-order valence-electron chi connectivity index (χ0n) is 7.43. The molecular weight excluding hydrogens is 150 g/mol. The van der Waals surface area contributed by atoms with E-state index in [9.17, 15) is 0 Å². The van der Waals surface area contributed by atoms with Crippen molar-refractivity contribution in [3.05, 3.63) is 11.8 Å². The lowest BCUT2D eigenvalue weighted by Gasteiger charge is -2.04. The van der Waals surface area contributed by atoms with E-state index in [1.807, 2.05) is 6.07 Å². The first-order valence-corrected chi connectivity index (χ1v) is 4.48. The maximum absolute atomic E-state index is 5.49. The zero-order chi connectivity index (χ0) is 8.60. The minimum Gasteiger partial charge on any atom is -0.382 e. The normalized spacial score (nSPS) is 19.4. The Balaban J connectivity index is 1.87. The molecule has 2 rings (SSSR count). The number of nitrogen functional groups attached to an aromatic ring is 1. The smallest absolute Gasteiger partial charge is 0.145 e. The van der Waals surface area contributed by atoms with Crippen LogP contribution in [0.1, 0.15) is 31.9 Å². The molecule has 3 heteroatoms. The molecule has 1 aliphatic carbocycles. The van der Waals surface area contributed by atoms with Crippen molar-refractivity contribution in [2.45, 2.75) is 32.6 Å². The molecule has 0 aliphatic heterocycles. The Morgan fingerprint density at radius 1 is 1.67 bits per heavy atom. The van der Waals surface area contributed by atoms with Gasteiger partial charge in [0.15, 0.2) is 0 Å². The minimum atomic E-state index is 0.603. The van der Waals surface area contributed by atoms with E-state index in [1.165, 1.54) is 25.0 Å². The highest BCUT2D eigenvalue weighted by Crippen LogP contribution is 2.48. The van der Waals surface area contributed by atoms with E-state index < -0.39 is 0 Å². The number of nitrogens with one attached hydrogen (secondary N) is 1. The van der Waals surface area contributed by atoms with Crippen LogP contribution in [0.2, 0.25) is 0 Å². The number of rotatable bonds is 3. The summed E-state index contributed by atoms with van der Waals surface area (Å²) >= 11 is 0. The first-order valence-electron chi connectivity index (χ1n) is 4.48. The van der Waals surface area contributed by atoms with Gasteiger partial charge in [0, 0.05) is 11.8 Å². The van der Waals surface area contributed by atoms with Crippen molar-refractivity contribution in [1.29, 1.82) is 0 Å². The average Bonchev–Trinajstić information content (AvgIpc) is 2.60. The number of nitrogens with zero attached hydrogens (tertiary/aromatic N) is 1. The van der Waals surface area contributed by atoms with Crippen molar-refractivity contribution in [3.63, 3.8) is 0 Å². The SMILES string of the molecule is CC1(CCc2cc(N)n[nH]2)CC1. The summed E-state index contributed by atoms with van der Waals surface area (Å²) < 4.78 is 0. The standard InChI is InChI=1S/C9H15N3/c1-9(4-5-9)3-2-7-6-8(10)12-11-7/h6H,2-5H2,1H3,(H3,10,11,12). The summed E-state index contributed by atoms with van der Waals surface area (Å²) in [4.78, 5) is 0. The third-order valence-corrected chi connectivity index (χ3v) is 2.75. The van der Waals surface area contributed by atoms with Crippen LogP contribution in [-0.2, 0) is 6.42 Å². The van der Waals surface area contributed by atoms with Gasteiger partial charge >= 0.3 is 0 Å². The second kappa shape index (κ2) is 2.51. The number of H-pyrrole nitrogens is 1. The first kappa shape index (κ1) is 7.65. The third kappa shape index (κ3) is 1.60. The molecule has 0 unspecified atom stereocenters. The van der Waals surface area contributed by atoms with E-state index in [1.54, 1.807) is 0 Å². The molecule has 0 bridgehead atoms. The monoisotopic (exact) mass is 165 g/mol. The molecule has 0 amide bonds.